The predicted octanol–water partition coefficient (Wildman–Crippen LogP) is 2.15. The number of benzene rings is 1. The minimum atomic E-state index is -0.679. The van der Waals surface area contributed by atoms with Crippen LogP contribution in [0.1, 0.15) is 18.6 Å². The largest absolute Gasteiger partial charge is 0.389 e. The number of aromatic amines is 1. The smallest absolute Gasteiger partial charge is 0.258 e. The second kappa shape index (κ2) is 6.88. The maximum atomic E-state index is 12.3. The van der Waals surface area contributed by atoms with E-state index in [1.807, 2.05) is 6.08 Å². The van der Waals surface area contributed by atoms with E-state index in [-0.39, 0.29) is 5.56 Å². The molecule has 1 aliphatic heterocycles. The topological polar surface area (TPSA) is 90.0 Å². The van der Waals surface area contributed by atoms with Gasteiger partial charge in [-0.15, -0.1) is 0 Å². The van der Waals surface area contributed by atoms with Crippen molar-refractivity contribution in [1.82, 2.24) is 15.3 Å². The molecule has 2 aromatic heterocycles. The van der Waals surface area contributed by atoms with Crippen molar-refractivity contribution < 1.29 is 5.11 Å². The average Bonchev–Trinajstić information content (AvgIpc) is 2.64. The molecule has 1 aromatic carbocycles. The van der Waals surface area contributed by atoms with E-state index in [1.54, 1.807) is 37.5 Å². The lowest BCUT2D eigenvalue weighted by Gasteiger charge is -2.15. The zero-order chi connectivity index (χ0) is 19.1. The SMILES string of the molecule is C[C@@H](O)c1cc(Cl)c(Nc2nc3cc[nH]c(=O)c3c3c2=CCNC=3)c(Cl)c1. The number of anilines is 2. The summed E-state index contributed by atoms with van der Waals surface area (Å²) < 4.78 is 0. The zero-order valence-corrected chi connectivity index (χ0v) is 15.8. The maximum absolute atomic E-state index is 12.3. The first kappa shape index (κ1) is 17.9. The first-order valence-corrected chi connectivity index (χ1v) is 9.10. The third-order valence-electron chi connectivity index (χ3n) is 4.45. The van der Waals surface area contributed by atoms with Gasteiger partial charge >= 0.3 is 0 Å². The van der Waals surface area contributed by atoms with Crippen LogP contribution in [0.3, 0.4) is 0 Å². The van der Waals surface area contributed by atoms with Crippen LogP contribution in [0.15, 0.2) is 29.2 Å². The van der Waals surface area contributed by atoms with Crippen LogP contribution in [-0.4, -0.2) is 21.6 Å². The Morgan fingerprint density at radius 2 is 2.00 bits per heavy atom. The van der Waals surface area contributed by atoms with Crippen molar-refractivity contribution in [3.63, 3.8) is 0 Å². The Hall–Kier alpha value is -2.54. The summed E-state index contributed by atoms with van der Waals surface area (Å²) >= 11 is 12.8. The average molecular weight is 403 g/mol. The number of pyridine rings is 2. The van der Waals surface area contributed by atoms with E-state index in [0.717, 1.165) is 10.4 Å². The number of hydrogen-bond acceptors (Lipinski definition) is 5. The van der Waals surface area contributed by atoms with Gasteiger partial charge in [0, 0.05) is 29.4 Å². The second-order valence-electron chi connectivity index (χ2n) is 6.27. The first-order chi connectivity index (χ1) is 13.0. The minimum absolute atomic E-state index is 0.200. The lowest BCUT2D eigenvalue weighted by molar-refractivity contribution is 0.199. The van der Waals surface area contributed by atoms with E-state index in [9.17, 15) is 9.90 Å². The molecule has 0 unspecified atom stereocenters. The second-order valence-corrected chi connectivity index (χ2v) is 7.09. The van der Waals surface area contributed by atoms with Crippen molar-refractivity contribution in [3.8, 4) is 0 Å². The van der Waals surface area contributed by atoms with Crippen molar-refractivity contribution in [2.45, 2.75) is 13.0 Å². The molecule has 0 saturated carbocycles. The molecule has 3 heterocycles. The van der Waals surface area contributed by atoms with E-state index in [1.165, 1.54) is 0 Å². The molecule has 3 aromatic rings. The number of fused-ring (bicyclic) bond motifs is 3. The summed E-state index contributed by atoms with van der Waals surface area (Å²) in [7, 11) is 0. The summed E-state index contributed by atoms with van der Waals surface area (Å²) in [6, 6.07) is 5.07. The summed E-state index contributed by atoms with van der Waals surface area (Å²) in [6.07, 6.45) is 4.63. The van der Waals surface area contributed by atoms with Gasteiger partial charge in [-0.1, -0.05) is 29.3 Å². The molecule has 27 heavy (non-hydrogen) atoms. The minimum Gasteiger partial charge on any atom is -0.389 e. The van der Waals surface area contributed by atoms with Crippen LogP contribution in [0.25, 0.3) is 23.2 Å². The van der Waals surface area contributed by atoms with Crippen molar-refractivity contribution >= 4 is 57.9 Å². The van der Waals surface area contributed by atoms with E-state index in [0.29, 0.717) is 44.6 Å². The molecule has 0 aliphatic carbocycles. The molecule has 0 radical (unpaired) electrons. The maximum Gasteiger partial charge on any atom is 0.258 e. The molecule has 8 heteroatoms. The van der Waals surface area contributed by atoms with Gasteiger partial charge in [0.05, 0.1) is 32.7 Å². The van der Waals surface area contributed by atoms with E-state index < -0.39 is 6.10 Å². The highest BCUT2D eigenvalue weighted by molar-refractivity contribution is 6.39. The van der Waals surface area contributed by atoms with Gasteiger partial charge in [0.1, 0.15) is 5.82 Å². The number of H-pyrrole nitrogens is 1. The summed E-state index contributed by atoms with van der Waals surface area (Å²) in [5, 5.41) is 18.9. The summed E-state index contributed by atoms with van der Waals surface area (Å²) in [5.41, 5.74) is 1.47. The van der Waals surface area contributed by atoms with Crippen LogP contribution >= 0.6 is 23.2 Å². The van der Waals surface area contributed by atoms with Crippen LogP contribution < -0.4 is 26.6 Å². The molecule has 0 bridgehead atoms. The molecular formula is C19H16Cl2N4O2. The van der Waals surface area contributed by atoms with E-state index in [2.05, 4.69) is 20.6 Å². The van der Waals surface area contributed by atoms with Gasteiger partial charge in [0.25, 0.3) is 5.56 Å². The highest BCUT2D eigenvalue weighted by Gasteiger charge is 2.15. The number of rotatable bonds is 3. The van der Waals surface area contributed by atoms with Crippen LogP contribution in [0.4, 0.5) is 11.5 Å². The number of aromatic nitrogens is 2. The molecule has 4 rings (SSSR count). The van der Waals surface area contributed by atoms with Gasteiger partial charge in [0.2, 0.25) is 0 Å². The van der Waals surface area contributed by atoms with E-state index >= 15 is 0 Å². The van der Waals surface area contributed by atoms with Gasteiger partial charge in [-0.3, -0.25) is 4.79 Å². The number of nitrogens with zero attached hydrogens (tertiary/aromatic N) is 1. The number of halogens is 2. The van der Waals surface area contributed by atoms with Crippen LogP contribution in [0.2, 0.25) is 10.0 Å². The molecule has 0 saturated heterocycles. The van der Waals surface area contributed by atoms with Gasteiger partial charge < -0.3 is 20.7 Å². The van der Waals surface area contributed by atoms with Gasteiger partial charge in [0.15, 0.2) is 0 Å². The zero-order valence-electron chi connectivity index (χ0n) is 14.3. The Labute approximate surface area is 164 Å². The van der Waals surface area contributed by atoms with Crippen molar-refractivity contribution in [2.24, 2.45) is 0 Å². The van der Waals surface area contributed by atoms with Gasteiger partial charge in [-0.05, 0) is 30.7 Å². The molecule has 6 nitrogen and oxygen atoms in total. The number of hydrogen-bond donors (Lipinski definition) is 4. The number of nitrogens with one attached hydrogen (secondary N) is 3. The normalized spacial score (nSPS) is 13.9. The standard InChI is InChI=1S/C19H16Cl2N4O2/c1-9(26)10-6-13(20)17(14(21)7-10)25-18-11-2-4-22-8-12(11)16-15(24-18)3-5-23-19(16)27/h2-3,5-9,22,26H,4H2,1H3,(H,23,27)(H,24,25)/t9-/m1/s1. The summed E-state index contributed by atoms with van der Waals surface area (Å²) in [4.78, 5) is 19.6. The van der Waals surface area contributed by atoms with Crippen molar-refractivity contribution in [1.29, 1.82) is 0 Å². The van der Waals surface area contributed by atoms with Crippen molar-refractivity contribution in [3.05, 3.63) is 60.8 Å². The fraction of sp³-hybridized carbons (Fsp3) is 0.158. The molecular weight excluding hydrogens is 387 g/mol. The highest BCUT2D eigenvalue weighted by atomic mass is 35.5. The Kier molecular flexibility index (Phi) is 4.55. The monoisotopic (exact) mass is 402 g/mol. The molecule has 1 atom stereocenters. The fourth-order valence-corrected chi connectivity index (χ4v) is 3.71. The van der Waals surface area contributed by atoms with Gasteiger partial charge in [-0.2, -0.15) is 0 Å². The molecule has 4 N–H and O–H groups in total. The molecule has 0 amide bonds. The molecule has 0 spiro atoms. The Morgan fingerprint density at radius 1 is 1.26 bits per heavy atom. The third-order valence-corrected chi connectivity index (χ3v) is 5.04. The first-order valence-electron chi connectivity index (χ1n) is 8.35. The predicted molar refractivity (Wildman–Crippen MR) is 109 cm³/mol. The number of aliphatic hydroxyl groups excluding tert-OH is 1. The molecule has 1 aliphatic rings. The van der Waals surface area contributed by atoms with Crippen LogP contribution in [-0.2, 0) is 0 Å². The lowest BCUT2D eigenvalue weighted by Crippen LogP contribution is -2.38. The quantitative estimate of drug-likeness (QED) is 0.538. The number of aliphatic hydroxyl groups is 1. The highest BCUT2D eigenvalue weighted by Crippen LogP contribution is 2.35. The fourth-order valence-electron chi connectivity index (χ4n) is 3.11. The molecule has 0 fully saturated rings. The Bertz CT molecular complexity index is 1210. The van der Waals surface area contributed by atoms with Gasteiger partial charge in [-0.25, -0.2) is 4.98 Å². The summed E-state index contributed by atoms with van der Waals surface area (Å²) in [5.74, 6) is 0.550. The third kappa shape index (κ3) is 3.16. The van der Waals surface area contributed by atoms with E-state index in [4.69, 9.17) is 23.2 Å². The Morgan fingerprint density at radius 3 is 2.70 bits per heavy atom. The summed E-state index contributed by atoms with van der Waals surface area (Å²) in [6.45, 7) is 2.26. The lowest BCUT2D eigenvalue weighted by atomic mass is 10.1. The Balaban J connectivity index is 1.94. The van der Waals surface area contributed by atoms with Crippen LogP contribution in [0.5, 0.6) is 0 Å². The molecule has 138 valence electrons. The van der Waals surface area contributed by atoms with Crippen molar-refractivity contribution in [2.75, 3.05) is 11.9 Å². The van der Waals surface area contributed by atoms with Crippen LogP contribution in [0, 0.1) is 0 Å².